The van der Waals surface area contributed by atoms with Gasteiger partial charge in [0.2, 0.25) is 0 Å². The molecule has 1 aromatic heterocycles. The van der Waals surface area contributed by atoms with Gasteiger partial charge >= 0.3 is 0 Å². The van der Waals surface area contributed by atoms with Crippen molar-refractivity contribution >= 4 is 5.91 Å². The zero-order chi connectivity index (χ0) is 25.0. The first kappa shape index (κ1) is 24.6. The van der Waals surface area contributed by atoms with Crippen LogP contribution in [0.3, 0.4) is 0 Å². The number of nitrogens with zero attached hydrogens (tertiary/aromatic N) is 3. The van der Waals surface area contributed by atoms with Gasteiger partial charge in [0, 0.05) is 58.3 Å². The molecule has 1 unspecified atom stereocenters. The Morgan fingerprint density at radius 3 is 2.53 bits per heavy atom. The Morgan fingerprint density at radius 2 is 1.83 bits per heavy atom. The van der Waals surface area contributed by atoms with Gasteiger partial charge in [-0.1, -0.05) is 60.7 Å². The highest BCUT2D eigenvalue weighted by Crippen LogP contribution is 2.38. The van der Waals surface area contributed by atoms with Crippen molar-refractivity contribution in [1.29, 1.82) is 0 Å². The molecule has 2 aliphatic heterocycles. The molecule has 2 saturated heterocycles. The smallest absolute Gasteiger partial charge is 0.274 e. The van der Waals surface area contributed by atoms with E-state index in [0.29, 0.717) is 44.8 Å². The molecule has 1 amide bonds. The van der Waals surface area contributed by atoms with E-state index in [9.17, 15) is 9.90 Å². The molecule has 3 heterocycles. The molecule has 2 aromatic carbocycles. The number of ether oxygens (including phenoxy) is 2. The summed E-state index contributed by atoms with van der Waals surface area (Å²) in [6.07, 6.45) is 0.957. The Kier molecular flexibility index (Phi) is 7.48. The largest absolute Gasteiger partial charge is 0.385 e. The van der Waals surface area contributed by atoms with Gasteiger partial charge in [0.05, 0.1) is 24.9 Å². The molecule has 0 aliphatic carbocycles. The third kappa shape index (κ3) is 4.95. The predicted molar refractivity (Wildman–Crippen MR) is 137 cm³/mol. The minimum Gasteiger partial charge on any atom is -0.385 e. The van der Waals surface area contributed by atoms with Gasteiger partial charge in [-0.15, -0.1) is 0 Å². The molecule has 2 fully saturated rings. The number of nitrogens with one attached hydrogen (secondary N) is 1. The van der Waals surface area contributed by atoms with E-state index in [1.54, 1.807) is 7.11 Å². The summed E-state index contributed by atoms with van der Waals surface area (Å²) >= 11 is 0. The van der Waals surface area contributed by atoms with Crippen LogP contribution in [0.2, 0.25) is 0 Å². The van der Waals surface area contributed by atoms with E-state index in [0.717, 1.165) is 35.7 Å². The number of aromatic nitrogens is 2. The zero-order valence-electron chi connectivity index (χ0n) is 20.7. The van der Waals surface area contributed by atoms with Crippen molar-refractivity contribution in [1.82, 2.24) is 19.8 Å². The Morgan fingerprint density at radius 1 is 1.14 bits per heavy atom. The van der Waals surface area contributed by atoms with Gasteiger partial charge in [-0.05, 0) is 5.56 Å². The number of methoxy groups -OCH3 is 1. The van der Waals surface area contributed by atoms with Crippen LogP contribution in [0.4, 0.5) is 0 Å². The number of carbonyl (C=O) groups is 1. The summed E-state index contributed by atoms with van der Waals surface area (Å²) in [7, 11) is 1.60. The molecule has 0 radical (unpaired) electrons. The SMILES string of the molecule is COCC1(O)CCOC[C@@H]1n1c(Cc2ccccc2)nc(C(=O)N2CCNCC2)c1-c1ccccc1. The number of imidazole rings is 1. The van der Waals surface area contributed by atoms with E-state index in [4.69, 9.17) is 14.5 Å². The Bertz CT molecular complexity index is 1160. The second-order valence-corrected chi connectivity index (χ2v) is 9.54. The van der Waals surface area contributed by atoms with E-state index < -0.39 is 11.6 Å². The van der Waals surface area contributed by atoms with E-state index in [1.165, 1.54) is 0 Å². The van der Waals surface area contributed by atoms with Crippen LogP contribution in [-0.4, -0.2) is 84.2 Å². The highest BCUT2D eigenvalue weighted by molar-refractivity contribution is 5.98. The number of hydrogen-bond donors (Lipinski definition) is 2. The van der Waals surface area contributed by atoms with E-state index in [-0.39, 0.29) is 12.5 Å². The number of carbonyl (C=O) groups excluding carboxylic acids is 1. The summed E-state index contributed by atoms with van der Waals surface area (Å²) in [6, 6.07) is 19.5. The first-order valence-corrected chi connectivity index (χ1v) is 12.6. The summed E-state index contributed by atoms with van der Waals surface area (Å²) in [5.74, 6) is 0.638. The molecule has 2 N–H and O–H groups in total. The lowest BCUT2D eigenvalue weighted by Gasteiger charge is -2.41. The Balaban J connectivity index is 1.71. The van der Waals surface area contributed by atoms with Crippen LogP contribution < -0.4 is 5.32 Å². The van der Waals surface area contributed by atoms with E-state index in [1.807, 2.05) is 53.4 Å². The summed E-state index contributed by atoms with van der Waals surface area (Å²) in [4.78, 5) is 20.7. The molecule has 0 bridgehead atoms. The van der Waals surface area contributed by atoms with Crippen molar-refractivity contribution in [2.75, 3.05) is 53.1 Å². The van der Waals surface area contributed by atoms with Crippen LogP contribution in [0.25, 0.3) is 11.3 Å². The lowest BCUT2D eigenvalue weighted by atomic mass is 9.89. The van der Waals surface area contributed by atoms with Crippen LogP contribution >= 0.6 is 0 Å². The standard InChI is InChI=1S/C28H34N4O4/c1-35-20-28(34)12-17-36-19-23(28)32-24(18-21-8-4-2-5-9-21)30-25(26(32)22-10-6-3-7-11-22)27(33)31-15-13-29-14-16-31/h2-11,23,29,34H,12-20H2,1H3/t23-,28?/m0/s1. The van der Waals surface area contributed by atoms with Gasteiger partial charge in [0.1, 0.15) is 11.4 Å². The van der Waals surface area contributed by atoms with Crippen molar-refractivity contribution in [2.24, 2.45) is 0 Å². The Hall–Kier alpha value is -3.04. The normalized spacial score (nSPS) is 22.5. The quantitative estimate of drug-likeness (QED) is 0.529. The van der Waals surface area contributed by atoms with Crippen molar-refractivity contribution in [3.8, 4) is 11.3 Å². The van der Waals surface area contributed by atoms with Crippen molar-refractivity contribution < 1.29 is 19.4 Å². The summed E-state index contributed by atoms with van der Waals surface area (Å²) in [6.45, 7) is 3.70. The van der Waals surface area contributed by atoms with Crippen LogP contribution in [-0.2, 0) is 15.9 Å². The third-order valence-electron chi connectivity index (χ3n) is 7.12. The minimum absolute atomic E-state index is 0.0876. The van der Waals surface area contributed by atoms with E-state index in [2.05, 4.69) is 22.0 Å². The number of aliphatic hydroxyl groups is 1. The molecule has 8 heteroatoms. The number of benzene rings is 2. The van der Waals surface area contributed by atoms with Crippen LogP contribution in [0.5, 0.6) is 0 Å². The maximum absolute atomic E-state index is 13.9. The van der Waals surface area contributed by atoms with Gasteiger partial charge < -0.3 is 29.4 Å². The third-order valence-corrected chi connectivity index (χ3v) is 7.12. The first-order valence-electron chi connectivity index (χ1n) is 12.6. The molecule has 5 rings (SSSR count). The second kappa shape index (κ2) is 10.9. The average Bonchev–Trinajstić information content (AvgIpc) is 3.28. The van der Waals surface area contributed by atoms with Gasteiger partial charge in [-0.3, -0.25) is 4.79 Å². The number of piperazine rings is 1. The number of hydrogen-bond acceptors (Lipinski definition) is 6. The minimum atomic E-state index is -1.15. The topological polar surface area (TPSA) is 88.8 Å². The van der Waals surface area contributed by atoms with Crippen molar-refractivity contribution in [3.63, 3.8) is 0 Å². The van der Waals surface area contributed by atoms with Crippen LogP contribution in [0.15, 0.2) is 60.7 Å². The molecule has 8 nitrogen and oxygen atoms in total. The zero-order valence-corrected chi connectivity index (χ0v) is 20.7. The lowest BCUT2D eigenvalue weighted by Crippen LogP contribution is -2.50. The molecule has 36 heavy (non-hydrogen) atoms. The first-order chi connectivity index (χ1) is 17.6. The van der Waals surface area contributed by atoms with Crippen molar-refractivity contribution in [3.05, 3.63) is 77.7 Å². The summed E-state index contributed by atoms with van der Waals surface area (Å²) in [5.41, 5.74) is 1.94. The molecule has 0 saturated carbocycles. The molecule has 2 atom stereocenters. The molecular formula is C28H34N4O4. The van der Waals surface area contributed by atoms with Gasteiger partial charge in [-0.2, -0.15) is 0 Å². The van der Waals surface area contributed by atoms with Gasteiger partial charge in [-0.25, -0.2) is 4.98 Å². The Labute approximate surface area is 211 Å². The maximum atomic E-state index is 13.9. The van der Waals surface area contributed by atoms with E-state index >= 15 is 0 Å². The molecule has 3 aromatic rings. The van der Waals surface area contributed by atoms with Crippen LogP contribution in [0.1, 0.15) is 34.3 Å². The highest BCUT2D eigenvalue weighted by atomic mass is 16.5. The number of rotatable bonds is 7. The van der Waals surface area contributed by atoms with Gasteiger partial charge in [0.15, 0.2) is 5.69 Å². The predicted octanol–water partition coefficient (Wildman–Crippen LogP) is 2.53. The average molecular weight is 491 g/mol. The lowest BCUT2D eigenvalue weighted by molar-refractivity contribution is -0.135. The maximum Gasteiger partial charge on any atom is 0.274 e. The summed E-state index contributed by atoms with van der Waals surface area (Å²) < 4.78 is 13.4. The van der Waals surface area contributed by atoms with Crippen molar-refractivity contribution in [2.45, 2.75) is 24.5 Å². The molecule has 2 aliphatic rings. The molecule has 190 valence electrons. The second-order valence-electron chi connectivity index (χ2n) is 9.54. The fraction of sp³-hybridized carbons (Fsp3) is 0.429. The monoisotopic (exact) mass is 490 g/mol. The fourth-order valence-corrected chi connectivity index (χ4v) is 5.26. The fourth-order valence-electron chi connectivity index (χ4n) is 5.26. The number of amides is 1. The van der Waals surface area contributed by atoms with Crippen LogP contribution in [0, 0.1) is 0 Å². The van der Waals surface area contributed by atoms with Gasteiger partial charge in [0.25, 0.3) is 5.91 Å². The molecule has 0 spiro atoms. The summed E-state index contributed by atoms with van der Waals surface area (Å²) in [5, 5.41) is 15.1. The highest BCUT2D eigenvalue weighted by Gasteiger charge is 2.44. The molecular weight excluding hydrogens is 456 g/mol.